The Bertz CT molecular complexity index is 1370. The number of hydrogen-bond acceptors (Lipinski definition) is 5. The number of nitriles is 1. The molecule has 5 aromatic rings. The van der Waals surface area contributed by atoms with Crippen molar-refractivity contribution in [2.75, 3.05) is 0 Å². The second kappa shape index (κ2) is 8.52. The van der Waals surface area contributed by atoms with Crippen LogP contribution in [0.2, 0.25) is 0 Å². The van der Waals surface area contributed by atoms with Crippen molar-refractivity contribution in [1.82, 2.24) is 14.8 Å². The lowest BCUT2D eigenvalue weighted by atomic mass is 10.1. The molecule has 0 saturated carbocycles. The van der Waals surface area contributed by atoms with Crippen LogP contribution in [0.25, 0.3) is 39.2 Å². The summed E-state index contributed by atoms with van der Waals surface area (Å²) < 4.78 is 1.85. The number of nitrogens with zero attached hydrogens (tertiary/aromatic N) is 4. The molecule has 0 spiro atoms. The molecule has 0 fully saturated rings. The van der Waals surface area contributed by atoms with E-state index in [1.54, 1.807) is 11.3 Å². The highest BCUT2D eigenvalue weighted by Gasteiger charge is 2.14. The number of thiophene rings is 1. The molecule has 3 heterocycles. The van der Waals surface area contributed by atoms with Crippen LogP contribution in [0.1, 0.15) is 10.6 Å². The molecule has 0 unspecified atom stereocenters. The summed E-state index contributed by atoms with van der Waals surface area (Å²) in [7, 11) is 0. The van der Waals surface area contributed by atoms with Crippen LogP contribution >= 0.6 is 22.7 Å². The highest BCUT2D eigenvalue weighted by Crippen LogP contribution is 2.31. The Balaban J connectivity index is 1.60. The molecule has 148 valence electrons. The van der Waals surface area contributed by atoms with E-state index in [9.17, 15) is 5.26 Å². The van der Waals surface area contributed by atoms with Crippen molar-refractivity contribution in [1.29, 1.82) is 5.26 Å². The minimum absolute atomic E-state index is 0.526. The summed E-state index contributed by atoms with van der Waals surface area (Å²) in [6.45, 7) is 0. The molecule has 2 aromatic carbocycles. The first kappa shape index (κ1) is 19.2. The summed E-state index contributed by atoms with van der Waals surface area (Å²) in [5, 5.41) is 19.4. The molecule has 0 N–H and O–H groups in total. The molecule has 0 aliphatic rings. The van der Waals surface area contributed by atoms with E-state index in [4.69, 9.17) is 10.1 Å². The van der Waals surface area contributed by atoms with Gasteiger partial charge in [-0.3, -0.25) is 0 Å². The highest BCUT2D eigenvalue weighted by atomic mass is 32.1. The maximum absolute atomic E-state index is 9.89. The third-order valence-electron chi connectivity index (χ3n) is 4.74. The minimum atomic E-state index is 0.526. The zero-order valence-electron chi connectivity index (χ0n) is 16.3. The SMILES string of the molecule is N#C/C(=C\c1cn(-c2ccccc2)nc1-c1ccccc1)c1nc(-c2cccs2)cs1. The van der Waals surface area contributed by atoms with E-state index < -0.39 is 0 Å². The monoisotopic (exact) mass is 436 g/mol. The first-order valence-corrected chi connectivity index (χ1v) is 11.4. The molecule has 31 heavy (non-hydrogen) atoms. The largest absolute Gasteiger partial charge is 0.240 e. The van der Waals surface area contributed by atoms with E-state index in [1.807, 2.05) is 101 Å². The van der Waals surface area contributed by atoms with Gasteiger partial charge in [0.25, 0.3) is 0 Å². The van der Waals surface area contributed by atoms with E-state index in [-0.39, 0.29) is 0 Å². The van der Waals surface area contributed by atoms with Gasteiger partial charge in [0.1, 0.15) is 11.1 Å². The fourth-order valence-corrected chi connectivity index (χ4v) is 4.80. The second-order valence-electron chi connectivity index (χ2n) is 6.76. The summed E-state index contributed by atoms with van der Waals surface area (Å²) >= 11 is 3.12. The van der Waals surface area contributed by atoms with Crippen LogP contribution in [0.3, 0.4) is 0 Å². The fraction of sp³-hybridized carbons (Fsp3) is 0. The fourth-order valence-electron chi connectivity index (χ4n) is 3.26. The third-order valence-corrected chi connectivity index (χ3v) is 6.51. The Labute approximate surface area is 188 Å². The van der Waals surface area contributed by atoms with Gasteiger partial charge in [-0.2, -0.15) is 10.4 Å². The molecular formula is C25H16N4S2. The quantitative estimate of drug-likeness (QED) is 0.285. The van der Waals surface area contributed by atoms with Crippen molar-refractivity contribution in [3.8, 4) is 33.6 Å². The average Bonchev–Trinajstić information content (AvgIpc) is 3.59. The van der Waals surface area contributed by atoms with Gasteiger partial charge < -0.3 is 0 Å². The minimum Gasteiger partial charge on any atom is -0.240 e. The Morgan fingerprint density at radius 1 is 0.935 bits per heavy atom. The van der Waals surface area contributed by atoms with Gasteiger partial charge in [-0.05, 0) is 29.7 Å². The Morgan fingerprint density at radius 3 is 2.42 bits per heavy atom. The van der Waals surface area contributed by atoms with Gasteiger partial charge in [0.05, 0.1) is 27.5 Å². The van der Waals surface area contributed by atoms with Crippen molar-refractivity contribution >= 4 is 34.3 Å². The smallest absolute Gasteiger partial charge is 0.134 e. The number of thiazole rings is 1. The molecule has 0 amide bonds. The topological polar surface area (TPSA) is 54.5 Å². The molecule has 4 nitrogen and oxygen atoms in total. The number of para-hydroxylation sites is 1. The summed E-state index contributed by atoms with van der Waals surface area (Å²) in [6.07, 6.45) is 3.84. The molecule has 0 radical (unpaired) electrons. The first-order valence-electron chi connectivity index (χ1n) is 9.64. The van der Waals surface area contributed by atoms with Gasteiger partial charge >= 0.3 is 0 Å². The van der Waals surface area contributed by atoms with E-state index in [2.05, 4.69) is 6.07 Å². The molecule has 5 rings (SSSR count). The van der Waals surface area contributed by atoms with Crippen LogP contribution in [0, 0.1) is 11.3 Å². The van der Waals surface area contributed by atoms with E-state index in [0.717, 1.165) is 33.1 Å². The maximum Gasteiger partial charge on any atom is 0.134 e. The zero-order valence-corrected chi connectivity index (χ0v) is 18.0. The van der Waals surface area contributed by atoms with Crippen molar-refractivity contribution < 1.29 is 0 Å². The van der Waals surface area contributed by atoms with Gasteiger partial charge in [0.2, 0.25) is 0 Å². The summed E-state index contributed by atoms with van der Waals surface area (Å²) in [5.41, 5.74) is 5.09. The van der Waals surface area contributed by atoms with Crippen LogP contribution in [0.15, 0.2) is 89.8 Å². The Hall–Kier alpha value is -3.79. The third kappa shape index (κ3) is 3.97. The summed E-state index contributed by atoms with van der Waals surface area (Å²) in [5.74, 6) is 0. The number of allylic oxidation sites excluding steroid dienone is 1. The van der Waals surface area contributed by atoms with Crippen LogP contribution in [0.4, 0.5) is 0 Å². The second-order valence-corrected chi connectivity index (χ2v) is 8.57. The number of aromatic nitrogens is 3. The predicted octanol–water partition coefficient (Wildman–Crippen LogP) is 6.79. The summed E-state index contributed by atoms with van der Waals surface area (Å²) in [4.78, 5) is 5.80. The molecule has 0 saturated heterocycles. The lowest BCUT2D eigenvalue weighted by Gasteiger charge is -2.00. The Kier molecular flexibility index (Phi) is 5.28. The van der Waals surface area contributed by atoms with Gasteiger partial charge in [0.15, 0.2) is 0 Å². The molecular weight excluding hydrogens is 420 g/mol. The number of rotatable bonds is 5. The lowest BCUT2D eigenvalue weighted by Crippen LogP contribution is -1.93. The average molecular weight is 437 g/mol. The predicted molar refractivity (Wildman–Crippen MR) is 128 cm³/mol. The molecule has 0 bridgehead atoms. The molecule has 3 aromatic heterocycles. The van der Waals surface area contributed by atoms with E-state index in [1.165, 1.54) is 11.3 Å². The molecule has 0 aliphatic carbocycles. The van der Waals surface area contributed by atoms with Gasteiger partial charge in [-0.15, -0.1) is 22.7 Å². The Morgan fingerprint density at radius 2 is 1.71 bits per heavy atom. The lowest BCUT2D eigenvalue weighted by molar-refractivity contribution is 0.884. The molecule has 6 heteroatoms. The standard InChI is InChI=1S/C25H16N4S2/c26-15-19(25-27-22(17-31-25)23-12-7-13-30-23)14-20-16-29(21-10-5-2-6-11-21)28-24(20)18-8-3-1-4-9-18/h1-14,16-17H/b19-14+. The van der Waals surface area contributed by atoms with Gasteiger partial charge in [-0.1, -0.05) is 54.6 Å². The van der Waals surface area contributed by atoms with Crippen LogP contribution in [-0.2, 0) is 0 Å². The number of hydrogen-bond donors (Lipinski definition) is 0. The van der Waals surface area contributed by atoms with Crippen molar-refractivity contribution in [2.24, 2.45) is 0 Å². The first-order chi connectivity index (χ1) is 15.3. The van der Waals surface area contributed by atoms with Crippen LogP contribution < -0.4 is 0 Å². The zero-order chi connectivity index (χ0) is 21.0. The highest BCUT2D eigenvalue weighted by molar-refractivity contribution is 7.14. The summed E-state index contributed by atoms with van der Waals surface area (Å²) in [6, 6.07) is 26.3. The van der Waals surface area contributed by atoms with Crippen molar-refractivity contribution in [2.45, 2.75) is 0 Å². The maximum atomic E-state index is 9.89. The normalized spacial score (nSPS) is 11.4. The van der Waals surface area contributed by atoms with E-state index in [0.29, 0.717) is 10.6 Å². The molecule has 0 atom stereocenters. The van der Waals surface area contributed by atoms with Crippen LogP contribution in [0.5, 0.6) is 0 Å². The van der Waals surface area contributed by atoms with Gasteiger partial charge in [-0.25, -0.2) is 9.67 Å². The van der Waals surface area contributed by atoms with Crippen LogP contribution in [-0.4, -0.2) is 14.8 Å². The van der Waals surface area contributed by atoms with Crippen molar-refractivity contribution in [3.05, 3.63) is 100 Å². The van der Waals surface area contributed by atoms with Crippen molar-refractivity contribution in [3.63, 3.8) is 0 Å². The number of benzene rings is 2. The van der Waals surface area contributed by atoms with E-state index >= 15 is 0 Å². The molecule has 0 aliphatic heterocycles. The van der Waals surface area contributed by atoms with Gasteiger partial charge in [0, 0.05) is 22.7 Å².